The number of carboxylic acid groups (broad SMARTS) is 1. The largest absolute Gasteiger partial charge is 0.475 e. The number of carbonyl (C=O) groups is 2. The third-order valence-corrected chi connectivity index (χ3v) is 3.44. The molecule has 0 aromatic carbocycles. The van der Waals surface area contributed by atoms with E-state index in [-0.39, 0.29) is 11.7 Å². The molecule has 1 amide bonds. The van der Waals surface area contributed by atoms with Crippen LogP contribution in [0.15, 0.2) is 10.5 Å². The first-order valence-corrected chi connectivity index (χ1v) is 6.89. The number of nitrogens with zero attached hydrogens (tertiary/aromatic N) is 1. The van der Waals surface area contributed by atoms with Gasteiger partial charge in [0.2, 0.25) is 11.7 Å². The number of hydrogen-bond donors (Lipinski definition) is 2. The molecule has 1 aliphatic heterocycles. The van der Waals surface area contributed by atoms with Crippen LogP contribution in [-0.4, -0.2) is 41.5 Å². The molecule has 0 aliphatic carbocycles. The zero-order chi connectivity index (χ0) is 14.5. The van der Waals surface area contributed by atoms with E-state index in [9.17, 15) is 9.59 Å². The molecule has 1 aromatic rings. The number of aryl methyl sites for hydroxylation is 1. The van der Waals surface area contributed by atoms with Gasteiger partial charge in [-0.3, -0.25) is 4.79 Å². The number of carboxylic acids is 1. The van der Waals surface area contributed by atoms with Crippen LogP contribution in [-0.2, 0) is 11.3 Å². The topological polar surface area (TPSA) is 82.8 Å². The number of furan rings is 1. The van der Waals surface area contributed by atoms with Crippen molar-refractivity contribution in [2.24, 2.45) is 0 Å². The molecule has 110 valence electrons. The number of likely N-dealkylation sites (tertiary alicyclic amines) is 1. The number of aromatic carboxylic acids is 1. The van der Waals surface area contributed by atoms with E-state index in [1.807, 2.05) is 4.90 Å². The smallest absolute Gasteiger partial charge is 0.372 e. The van der Waals surface area contributed by atoms with E-state index in [0.29, 0.717) is 30.8 Å². The summed E-state index contributed by atoms with van der Waals surface area (Å²) < 4.78 is 5.23. The van der Waals surface area contributed by atoms with Gasteiger partial charge in [0.15, 0.2) is 0 Å². The van der Waals surface area contributed by atoms with Gasteiger partial charge in [-0.2, -0.15) is 0 Å². The first kappa shape index (κ1) is 14.6. The standard InChI is InChI=1S/C14H20N2O4/c1-10-8-11(20-13(10)14(18)19)9-15-5-4-12(17)16-6-2-3-7-16/h8,15H,2-7,9H2,1H3,(H,18,19). The number of rotatable bonds is 6. The predicted molar refractivity (Wildman–Crippen MR) is 72.5 cm³/mol. The van der Waals surface area contributed by atoms with Gasteiger partial charge in [-0.25, -0.2) is 4.79 Å². The number of nitrogens with one attached hydrogen (secondary N) is 1. The normalized spacial score (nSPS) is 14.8. The molecule has 2 N–H and O–H groups in total. The van der Waals surface area contributed by atoms with E-state index >= 15 is 0 Å². The third kappa shape index (κ3) is 3.60. The summed E-state index contributed by atoms with van der Waals surface area (Å²) in [7, 11) is 0. The maximum atomic E-state index is 11.8. The summed E-state index contributed by atoms with van der Waals surface area (Å²) in [4.78, 5) is 24.5. The van der Waals surface area contributed by atoms with Crippen molar-refractivity contribution in [1.29, 1.82) is 0 Å². The van der Waals surface area contributed by atoms with Crippen LogP contribution >= 0.6 is 0 Å². The van der Waals surface area contributed by atoms with E-state index in [1.165, 1.54) is 0 Å². The molecule has 20 heavy (non-hydrogen) atoms. The molecule has 1 aliphatic rings. The second-order valence-corrected chi connectivity index (χ2v) is 5.04. The fourth-order valence-electron chi connectivity index (χ4n) is 2.38. The Morgan fingerprint density at radius 2 is 2.10 bits per heavy atom. The Hall–Kier alpha value is -1.82. The van der Waals surface area contributed by atoms with Crippen molar-refractivity contribution in [2.75, 3.05) is 19.6 Å². The minimum absolute atomic E-state index is 0.0186. The Morgan fingerprint density at radius 3 is 2.70 bits per heavy atom. The van der Waals surface area contributed by atoms with E-state index in [0.717, 1.165) is 25.9 Å². The van der Waals surface area contributed by atoms with E-state index in [4.69, 9.17) is 9.52 Å². The van der Waals surface area contributed by atoms with Crippen LogP contribution in [0.4, 0.5) is 0 Å². The minimum atomic E-state index is -1.06. The second kappa shape index (κ2) is 6.56. The molecule has 1 fully saturated rings. The molecular formula is C14H20N2O4. The van der Waals surface area contributed by atoms with Gasteiger partial charge in [0.25, 0.3) is 0 Å². The predicted octanol–water partition coefficient (Wildman–Crippen LogP) is 1.39. The van der Waals surface area contributed by atoms with Crippen LogP contribution in [0.3, 0.4) is 0 Å². The Morgan fingerprint density at radius 1 is 1.40 bits per heavy atom. The van der Waals surface area contributed by atoms with Crippen LogP contribution < -0.4 is 5.32 Å². The highest BCUT2D eigenvalue weighted by Crippen LogP contribution is 2.14. The Labute approximate surface area is 117 Å². The van der Waals surface area contributed by atoms with Gasteiger partial charge >= 0.3 is 5.97 Å². The van der Waals surface area contributed by atoms with Gasteiger partial charge in [0.05, 0.1) is 6.54 Å². The molecule has 0 radical (unpaired) electrons. The lowest BCUT2D eigenvalue weighted by Gasteiger charge is -2.14. The van der Waals surface area contributed by atoms with Crippen molar-refractivity contribution in [2.45, 2.75) is 32.7 Å². The second-order valence-electron chi connectivity index (χ2n) is 5.04. The van der Waals surface area contributed by atoms with Gasteiger partial charge in [0.1, 0.15) is 5.76 Å². The highest BCUT2D eigenvalue weighted by Gasteiger charge is 2.17. The number of carbonyl (C=O) groups excluding carboxylic acids is 1. The van der Waals surface area contributed by atoms with Crippen molar-refractivity contribution in [3.63, 3.8) is 0 Å². The summed E-state index contributed by atoms with van der Waals surface area (Å²) >= 11 is 0. The molecule has 0 unspecified atom stereocenters. The molecular weight excluding hydrogens is 260 g/mol. The minimum Gasteiger partial charge on any atom is -0.475 e. The summed E-state index contributed by atoms with van der Waals surface area (Å²) in [6, 6.07) is 1.71. The van der Waals surface area contributed by atoms with E-state index in [1.54, 1.807) is 13.0 Å². The highest BCUT2D eigenvalue weighted by atomic mass is 16.4. The van der Waals surface area contributed by atoms with Crippen molar-refractivity contribution >= 4 is 11.9 Å². The summed E-state index contributed by atoms with van der Waals surface area (Å²) in [6.45, 7) is 4.45. The number of amides is 1. The van der Waals surface area contributed by atoms with E-state index in [2.05, 4.69) is 5.32 Å². The van der Waals surface area contributed by atoms with Crippen molar-refractivity contribution in [1.82, 2.24) is 10.2 Å². The maximum absolute atomic E-state index is 11.8. The first-order valence-electron chi connectivity index (χ1n) is 6.89. The molecule has 0 saturated carbocycles. The fraction of sp³-hybridized carbons (Fsp3) is 0.571. The van der Waals surface area contributed by atoms with Crippen molar-refractivity contribution < 1.29 is 19.1 Å². The first-order chi connectivity index (χ1) is 9.58. The fourth-order valence-corrected chi connectivity index (χ4v) is 2.38. The van der Waals surface area contributed by atoms with Gasteiger partial charge < -0.3 is 19.7 Å². The lowest BCUT2D eigenvalue weighted by atomic mass is 10.2. The lowest BCUT2D eigenvalue weighted by Crippen LogP contribution is -2.30. The maximum Gasteiger partial charge on any atom is 0.372 e. The third-order valence-electron chi connectivity index (χ3n) is 3.44. The van der Waals surface area contributed by atoms with Crippen LogP contribution in [0.2, 0.25) is 0 Å². The van der Waals surface area contributed by atoms with Gasteiger partial charge in [-0.1, -0.05) is 0 Å². The van der Waals surface area contributed by atoms with Crippen LogP contribution in [0, 0.1) is 6.92 Å². The molecule has 2 heterocycles. The van der Waals surface area contributed by atoms with Gasteiger partial charge in [0, 0.05) is 31.6 Å². The molecule has 1 aromatic heterocycles. The molecule has 0 atom stereocenters. The monoisotopic (exact) mass is 280 g/mol. The molecule has 1 saturated heterocycles. The summed E-state index contributed by atoms with van der Waals surface area (Å²) in [5.41, 5.74) is 0.613. The molecule has 0 bridgehead atoms. The Bertz CT molecular complexity index is 489. The SMILES string of the molecule is Cc1cc(CNCCC(=O)N2CCCC2)oc1C(=O)O. The molecule has 6 heteroatoms. The molecule has 2 rings (SSSR count). The molecule has 6 nitrogen and oxygen atoms in total. The summed E-state index contributed by atoms with van der Waals surface area (Å²) in [6.07, 6.45) is 2.66. The number of hydrogen-bond acceptors (Lipinski definition) is 4. The Kier molecular flexibility index (Phi) is 4.79. The van der Waals surface area contributed by atoms with Gasteiger partial charge in [-0.05, 0) is 25.8 Å². The zero-order valence-corrected chi connectivity index (χ0v) is 11.6. The van der Waals surface area contributed by atoms with Crippen molar-refractivity contribution in [3.05, 3.63) is 23.2 Å². The summed E-state index contributed by atoms with van der Waals surface area (Å²) in [5, 5.41) is 12.0. The van der Waals surface area contributed by atoms with E-state index < -0.39 is 5.97 Å². The average Bonchev–Trinajstić information content (AvgIpc) is 3.03. The van der Waals surface area contributed by atoms with Gasteiger partial charge in [-0.15, -0.1) is 0 Å². The quantitative estimate of drug-likeness (QED) is 0.769. The van der Waals surface area contributed by atoms with Crippen LogP contribution in [0.1, 0.15) is 41.1 Å². The lowest BCUT2D eigenvalue weighted by molar-refractivity contribution is -0.130. The zero-order valence-electron chi connectivity index (χ0n) is 11.6. The average molecular weight is 280 g/mol. The van der Waals surface area contributed by atoms with Crippen LogP contribution in [0.5, 0.6) is 0 Å². The summed E-state index contributed by atoms with van der Waals surface area (Å²) in [5.74, 6) is -0.321. The van der Waals surface area contributed by atoms with Crippen LogP contribution in [0.25, 0.3) is 0 Å². The Balaban J connectivity index is 1.71. The van der Waals surface area contributed by atoms with Crippen molar-refractivity contribution in [3.8, 4) is 0 Å². The molecule has 0 spiro atoms. The highest BCUT2D eigenvalue weighted by molar-refractivity contribution is 5.86.